The van der Waals surface area contributed by atoms with E-state index in [4.69, 9.17) is 15.0 Å². The number of nitrogens with zero attached hydrogens (tertiary/aromatic N) is 3. The van der Waals surface area contributed by atoms with E-state index in [2.05, 4.69) is 17.6 Å². The van der Waals surface area contributed by atoms with Crippen LogP contribution in [0.3, 0.4) is 0 Å². The van der Waals surface area contributed by atoms with E-state index in [1.807, 2.05) is 18.2 Å². The number of hydrogen-bond donors (Lipinski definition) is 0. The first-order valence-corrected chi connectivity index (χ1v) is 7.33. The fourth-order valence-electron chi connectivity index (χ4n) is 3.12. The molecule has 0 N–H and O–H groups in total. The Labute approximate surface area is 118 Å². The highest BCUT2D eigenvalue weighted by Crippen LogP contribution is 2.42. The highest BCUT2D eigenvalue weighted by atomic mass is 16.5. The number of benzene rings is 1. The van der Waals surface area contributed by atoms with Gasteiger partial charge in [-0.15, -0.1) is 0 Å². The lowest BCUT2D eigenvalue weighted by Crippen LogP contribution is -2.08. The lowest BCUT2D eigenvalue weighted by atomic mass is 10.2. The number of fused-ring (bicyclic) bond motifs is 1. The molecule has 1 aromatic carbocycles. The van der Waals surface area contributed by atoms with Crippen LogP contribution in [0, 0.1) is 11.3 Å². The Hall–Kier alpha value is -1.86. The molecule has 0 amide bonds. The maximum atomic E-state index is 9.03. The van der Waals surface area contributed by atoms with Gasteiger partial charge < -0.3 is 9.30 Å². The zero-order valence-corrected chi connectivity index (χ0v) is 11.5. The zero-order valence-electron chi connectivity index (χ0n) is 11.5. The third kappa shape index (κ3) is 1.82. The molecule has 2 fully saturated rings. The molecule has 1 saturated carbocycles. The molecular formula is C16H17N3O. The van der Waals surface area contributed by atoms with E-state index in [1.54, 1.807) is 0 Å². The Balaban J connectivity index is 1.86. The normalized spacial score (nSPS) is 26.0. The molecule has 1 saturated heterocycles. The minimum absolute atomic E-state index is 0.114. The summed E-state index contributed by atoms with van der Waals surface area (Å²) in [6.07, 6.45) is 5.02. The van der Waals surface area contributed by atoms with Crippen LogP contribution in [-0.2, 0) is 4.74 Å². The summed E-state index contributed by atoms with van der Waals surface area (Å²) in [5, 5.41) is 9.03. The van der Waals surface area contributed by atoms with Crippen LogP contribution in [0.4, 0.5) is 0 Å². The molecular weight excluding hydrogens is 250 g/mol. The molecule has 20 heavy (non-hydrogen) atoms. The monoisotopic (exact) mass is 267 g/mol. The second-order valence-corrected chi connectivity index (χ2v) is 5.90. The van der Waals surface area contributed by atoms with Gasteiger partial charge in [0, 0.05) is 6.04 Å². The Bertz CT molecular complexity index is 708. The van der Waals surface area contributed by atoms with Crippen LogP contribution in [0.2, 0.25) is 0 Å². The number of ether oxygens (including phenoxy) is 1. The number of rotatable bonds is 2. The molecule has 1 aliphatic heterocycles. The maximum absolute atomic E-state index is 9.03. The van der Waals surface area contributed by atoms with Crippen molar-refractivity contribution < 1.29 is 4.74 Å². The van der Waals surface area contributed by atoms with Gasteiger partial charge in [0.15, 0.2) is 0 Å². The third-order valence-corrected chi connectivity index (χ3v) is 4.28. The summed E-state index contributed by atoms with van der Waals surface area (Å²) in [6, 6.07) is 8.55. The van der Waals surface area contributed by atoms with Crippen LogP contribution < -0.4 is 0 Å². The molecule has 2 unspecified atom stereocenters. The third-order valence-electron chi connectivity index (χ3n) is 4.28. The van der Waals surface area contributed by atoms with Gasteiger partial charge in [-0.05, 0) is 50.8 Å². The lowest BCUT2D eigenvalue weighted by molar-refractivity contribution is 0.0484. The van der Waals surface area contributed by atoms with Crippen LogP contribution >= 0.6 is 0 Å². The molecule has 2 atom stereocenters. The van der Waals surface area contributed by atoms with Crippen LogP contribution in [0.25, 0.3) is 11.0 Å². The maximum Gasteiger partial charge on any atom is 0.139 e. The van der Waals surface area contributed by atoms with E-state index in [0.717, 1.165) is 29.7 Å². The van der Waals surface area contributed by atoms with E-state index < -0.39 is 0 Å². The minimum Gasteiger partial charge on any atom is -0.367 e. The molecule has 0 bridgehead atoms. The number of imidazole rings is 1. The largest absolute Gasteiger partial charge is 0.367 e. The topological polar surface area (TPSA) is 50.8 Å². The van der Waals surface area contributed by atoms with Crippen molar-refractivity contribution >= 4 is 11.0 Å². The standard InChI is InChI=1S/C16H17N3O/c1-10-2-7-15(20-10)16-18-13-8-11(9-17)3-6-14(13)19(16)12-4-5-12/h3,6,8,10,12,15H,2,4-5,7H2,1H3. The predicted octanol–water partition coefficient (Wildman–Crippen LogP) is 3.48. The van der Waals surface area contributed by atoms with E-state index in [1.165, 1.54) is 12.8 Å². The van der Waals surface area contributed by atoms with Gasteiger partial charge >= 0.3 is 0 Å². The minimum atomic E-state index is 0.114. The first-order chi connectivity index (χ1) is 9.76. The fourth-order valence-corrected chi connectivity index (χ4v) is 3.12. The Morgan fingerprint density at radius 1 is 1.30 bits per heavy atom. The van der Waals surface area contributed by atoms with Crippen LogP contribution in [0.15, 0.2) is 18.2 Å². The van der Waals surface area contributed by atoms with Gasteiger partial charge in [0.2, 0.25) is 0 Å². The van der Waals surface area contributed by atoms with E-state index in [9.17, 15) is 0 Å². The van der Waals surface area contributed by atoms with E-state index in [-0.39, 0.29) is 6.10 Å². The SMILES string of the molecule is CC1CCC(c2nc3cc(C#N)ccc3n2C2CC2)O1. The molecule has 102 valence electrons. The number of hydrogen-bond acceptors (Lipinski definition) is 3. The highest BCUT2D eigenvalue weighted by molar-refractivity contribution is 5.78. The van der Waals surface area contributed by atoms with Crippen molar-refractivity contribution in [3.8, 4) is 6.07 Å². The second-order valence-electron chi connectivity index (χ2n) is 5.90. The van der Waals surface area contributed by atoms with Gasteiger partial charge in [-0.3, -0.25) is 0 Å². The van der Waals surface area contributed by atoms with Crippen molar-refractivity contribution in [3.05, 3.63) is 29.6 Å². The first-order valence-electron chi connectivity index (χ1n) is 7.33. The van der Waals surface area contributed by atoms with Crippen LogP contribution in [0.1, 0.15) is 56.1 Å². The smallest absolute Gasteiger partial charge is 0.139 e. The summed E-state index contributed by atoms with van der Waals surface area (Å²) in [7, 11) is 0. The lowest BCUT2D eigenvalue weighted by Gasteiger charge is -2.13. The number of nitriles is 1. The summed E-state index contributed by atoms with van der Waals surface area (Å²) >= 11 is 0. The molecule has 0 radical (unpaired) electrons. The Morgan fingerprint density at radius 2 is 2.15 bits per heavy atom. The summed E-state index contributed by atoms with van der Waals surface area (Å²) in [4.78, 5) is 4.79. The predicted molar refractivity (Wildman–Crippen MR) is 75.2 cm³/mol. The summed E-state index contributed by atoms with van der Waals surface area (Å²) < 4.78 is 8.35. The molecule has 1 aromatic heterocycles. The van der Waals surface area contributed by atoms with Gasteiger partial charge in [0.05, 0.1) is 28.8 Å². The summed E-state index contributed by atoms with van der Waals surface area (Å²) in [6.45, 7) is 2.12. The first kappa shape index (κ1) is 11.9. The van der Waals surface area contributed by atoms with E-state index >= 15 is 0 Å². The second kappa shape index (κ2) is 4.32. The number of aromatic nitrogens is 2. The van der Waals surface area contributed by atoms with E-state index in [0.29, 0.717) is 17.7 Å². The Kier molecular flexibility index (Phi) is 2.58. The molecule has 2 heterocycles. The summed E-state index contributed by atoms with van der Waals surface area (Å²) in [5.41, 5.74) is 2.74. The summed E-state index contributed by atoms with van der Waals surface area (Å²) in [5.74, 6) is 1.06. The van der Waals surface area contributed by atoms with Crippen molar-refractivity contribution in [2.24, 2.45) is 0 Å². The van der Waals surface area contributed by atoms with Crippen molar-refractivity contribution in [1.29, 1.82) is 5.26 Å². The molecule has 0 spiro atoms. The molecule has 2 aromatic rings. The van der Waals surface area contributed by atoms with Crippen LogP contribution in [0.5, 0.6) is 0 Å². The Morgan fingerprint density at radius 3 is 2.80 bits per heavy atom. The van der Waals surface area contributed by atoms with Gasteiger partial charge in [0.25, 0.3) is 0 Å². The fraction of sp³-hybridized carbons (Fsp3) is 0.500. The molecule has 2 aliphatic rings. The molecule has 1 aliphatic carbocycles. The quantitative estimate of drug-likeness (QED) is 0.837. The van der Waals surface area contributed by atoms with Gasteiger partial charge in [-0.2, -0.15) is 5.26 Å². The zero-order chi connectivity index (χ0) is 13.7. The van der Waals surface area contributed by atoms with Crippen molar-refractivity contribution in [2.75, 3.05) is 0 Å². The van der Waals surface area contributed by atoms with Crippen LogP contribution in [-0.4, -0.2) is 15.7 Å². The highest BCUT2D eigenvalue weighted by Gasteiger charge is 2.34. The van der Waals surface area contributed by atoms with Gasteiger partial charge in [-0.25, -0.2) is 4.98 Å². The molecule has 4 rings (SSSR count). The van der Waals surface area contributed by atoms with Crippen molar-refractivity contribution in [1.82, 2.24) is 9.55 Å². The van der Waals surface area contributed by atoms with Gasteiger partial charge in [-0.1, -0.05) is 0 Å². The average Bonchev–Trinajstić information content (AvgIpc) is 3.09. The van der Waals surface area contributed by atoms with Crippen molar-refractivity contribution in [2.45, 2.75) is 50.9 Å². The molecule has 4 nitrogen and oxygen atoms in total. The van der Waals surface area contributed by atoms with Gasteiger partial charge in [0.1, 0.15) is 11.9 Å². The average molecular weight is 267 g/mol. The molecule has 4 heteroatoms. The van der Waals surface area contributed by atoms with Crippen molar-refractivity contribution in [3.63, 3.8) is 0 Å².